The van der Waals surface area contributed by atoms with Crippen LogP contribution in [0.2, 0.25) is 5.02 Å². The monoisotopic (exact) mass is 269 g/mol. The number of hydrogen-bond acceptors (Lipinski definition) is 4. The molecule has 1 N–H and O–H groups in total. The Balaban J connectivity index is 2.06. The minimum atomic E-state index is -0.438. The quantitative estimate of drug-likeness (QED) is 0.671. The van der Waals surface area contributed by atoms with Crippen LogP contribution >= 0.6 is 11.6 Å². The molecule has 1 aromatic rings. The first kappa shape index (κ1) is 13.3. The van der Waals surface area contributed by atoms with Crippen molar-refractivity contribution in [2.45, 2.75) is 19.0 Å². The number of likely N-dealkylation sites (N-methyl/N-ethyl adjacent to an activating group) is 1. The molecule has 2 rings (SSSR count). The third-order valence-electron chi connectivity index (χ3n) is 3.29. The fourth-order valence-electron chi connectivity index (χ4n) is 2.27. The minimum absolute atomic E-state index is 0.0152. The van der Waals surface area contributed by atoms with Crippen LogP contribution in [0, 0.1) is 10.1 Å². The van der Waals surface area contributed by atoms with E-state index >= 15 is 0 Å². The first-order chi connectivity index (χ1) is 8.60. The molecule has 1 fully saturated rings. The maximum atomic E-state index is 10.8. The second-order valence-corrected chi connectivity index (χ2v) is 4.96. The van der Waals surface area contributed by atoms with Crippen LogP contribution in [-0.4, -0.2) is 36.0 Å². The summed E-state index contributed by atoms with van der Waals surface area (Å²) in [5.74, 6) is 0. The number of nitro benzene ring substituents is 1. The lowest BCUT2D eigenvalue weighted by atomic mass is 10.2. The molecule has 1 aliphatic heterocycles. The smallest absolute Gasteiger partial charge is 0.288 e. The summed E-state index contributed by atoms with van der Waals surface area (Å²) in [4.78, 5) is 12.7. The molecule has 1 atom stereocenters. The van der Waals surface area contributed by atoms with Crippen molar-refractivity contribution in [2.24, 2.45) is 0 Å². The third-order valence-corrected chi connectivity index (χ3v) is 3.61. The van der Waals surface area contributed by atoms with Crippen LogP contribution in [0.15, 0.2) is 18.2 Å². The summed E-state index contributed by atoms with van der Waals surface area (Å²) in [7, 11) is 1.96. The van der Waals surface area contributed by atoms with Crippen LogP contribution < -0.4 is 5.32 Å². The molecule has 1 aliphatic rings. The Hall–Kier alpha value is -1.17. The van der Waals surface area contributed by atoms with Crippen LogP contribution in [0.5, 0.6) is 0 Å². The van der Waals surface area contributed by atoms with Crippen molar-refractivity contribution in [1.82, 2.24) is 10.2 Å². The molecule has 1 unspecified atom stereocenters. The minimum Gasteiger partial charge on any atom is -0.316 e. The van der Waals surface area contributed by atoms with Gasteiger partial charge in [0, 0.05) is 31.7 Å². The van der Waals surface area contributed by atoms with Gasteiger partial charge < -0.3 is 5.32 Å². The molecule has 1 heterocycles. The molecule has 0 spiro atoms. The summed E-state index contributed by atoms with van der Waals surface area (Å²) in [6.45, 7) is 2.73. The molecule has 0 amide bonds. The first-order valence-corrected chi connectivity index (χ1v) is 6.30. The lowest BCUT2D eigenvalue weighted by Crippen LogP contribution is -2.29. The molecule has 0 bridgehead atoms. The molecule has 0 aliphatic carbocycles. The lowest BCUT2D eigenvalue weighted by Gasteiger charge is -2.15. The van der Waals surface area contributed by atoms with E-state index in [-0.39, 0.29) is 10.7 Å². The topological polar surface area (TPSA) is 58.4 Å². The standard InChI is InChI=1S/C12H16ClN3O2/c1-14-10-4-5-15(8-10)7-9-2-3-11(13)12(6-9)16(17)18/h2-3,6,10,14H,4-5,7-8H2,1H3. The molecule has 0 saturated carbocycles. The van der Waals surface area contributed by atoms with Gasteiger partial charge in [-0.3, -0.25) is 15.0 Å². The number of nitrogens with one attached hydrogen (secondary N) is 1. The fourth-order valence-corrected chi connectivity index (χ4v) is 2.45. The summed E-state index contributed by atoms with van der Waals surface area (Å²) >= 11 is 5.79. The molecule has 5 nitrogen and oxygen atoms in total. The Morgan fingerprint density at radius 3 is 3.00 bits per heavy atom. The van der Waals surface area contributed by atoms with Crippen molar-refractivity contribution in [3.63, 3.8) is 0 Å². The molecule has 98 valence electrons. The van der Waals surface area contributed by atoms with Gasteiger partial charge in [-0.15, -0.1) is 0 Å². The van der Waals surface area contributed by atoms with Crippen molar-refractivity contribution in [3.8, 4) is 0 Å². The largest absolute Gasteiger partial charge is 0.316 e. The van der Waals surface area contributed by atoms with Crippen LogP contribution in [0.4, 0.5) is 5.69 Å². The average Bonchev–Trinajstić information content (AvgIpc) is 2.79. The number of nitro groups is 1. The Morgan fingerprint density at radius 1 is 1.61 bits per heavy atom. The van der Waals surface area contributed by atoms with Crippen molar-refractivity contribution in [2.75, 3.05) is 20.1 Å². The molecular formula is C12H16ClN3O2. The number of nitrogens with zero attached hydrogens (tertiary/aromatic N) is 2. The van der Waals surface area contributed by atoms with E-state index in [0.29, 0.717) is 6.04 Å². The number of rotatable bonds is 4. The van der Waals surface area contributed by atoms with E-state index in [1.807, 2.05) is 13.1 Å². The van der Waals surface area contributed by atoms with Gasteiger partial charge in [0.25, 0.3) is 5.69 Å². The van der Waals surface area contributed by atoms with Crippen molar-refractivity contribution < 1.29 is 4.92 Å². The highest BCUT2D eigenvalue weighted by atomic mass is 35.5. The van der Waals surface area contributed by atoms with E-state index < -0.39 is 4.92 Å². The summed E-state index contributed by atoms with van der Waals surface area (Å²) < 4.78 is 0. The van der Waals surface area contributed by atoms with Gasteiger partial charge in [0.15, 0.2) is 0 Å². The average molecular weight is 270 g/mol. The van der Waals surface area contributed by atoms with Gasteiger partial charge in [-0.05, 0) is 25.1 Å². The van der Waals surface area contributed by atoms with Crippen molar-refractivity contribution >= 4 is 17.3 Å². The fraction of sp³-hybridized carbons (Fsp3) is 0.500. The highest BCUT2D eigenvalue weighted by Crippen LogP contribution is 2.26. The molecule has 1 saturated heterocycles. The molecular weight excluding hydrogens is 254 g/mol. The Bertz CT molecular complexity index is 453. The van der Waals surface area contributed by atoms with Gasteiger partial charge in [-0.25, -0.2) is 0 Å². The Labute approximate surface area is 111 Å². The van der Waals surface area contributed by atoms with Crippen LogP contribution in [0.3, 0.4) is 0 Å². The zero-order chi connectivity index (χ0) is 13.1. The Morgan fingerprint density at radius 2 is 2.39 bits per heavy atom. The Kier molecular flexibility index (Phi) is 4.16. The van der Waals surface area contributed by atoms with Gasteiger partial charge in [-0.1, -0.05) is 17.7 Å². The van der Waals surface area contributed by atoms with E-state index in [1.165, 1.54) is 0 Å². The highest BCUT2D eigenvalue weighted by molar-refractivity contribution is 6.32. The zero-order valence-electron chi connectivity index (χ0n) is 10.2. The zero-order valence-corrected chi connectivity index (χ0v) is 11.0. The van der Waals surface area contributed by atoms with Crippen LogP contribution in [0.25, 0.3) is 0 Å². The lowest BCUT2D eigenvalue weighted by molar-refractivity contribution is -0.384. The van der Waals surface area contributed by atoms with E-state index in [0.717, 1.165) is 31.6 Å². The predicted molar refractivity (Wildman–Crippen MR) is 70.8 cm³/mol. The predicted octanol–water partition coefficient (Wildman–Crippen LogP) is 2.04. The molecule has 0 radical (unpaired) electrons. The van der Waals surface area contributed by atoms with Crippen molar-refractivity contribution in [3.05, 3.63) is 38.9 Å². The van der Waals surface area contributed by atoms with E-state index in [1.54, 1.807) is 12.1 Å². The van der Waals surface area contributed by atoms with Gasteiger partial charge >= 0.3 is 0 Å². The third kappa shape index (κ3) is 2.98. The maximum absolute atomic E-state index is 10.8. The van der Waals surface area contributed by atoms with E-state index in [9.17, 15) is 10.1 Å². The van der Waals surface area contributed by atoms with E-state index in [4.69, 9.17) is 11.6 Å². The summed E-state index contributed by atoms with van der Waals surface area (Å²) in [6, 6.07) is 5.53. The first-order valence-electron chi connectivity index (χ1n) is 5.92. The van der Waals surface area contributed by atoms with Gasteiger partial charge in [-0.2, -0.15) is 0 Å². The molecule has 0 aromatic heterocycles. The van der Waals surface area contributed by atoms with Gasteiger partial charge in [0.1, 0.15) is 5.02 Å². The molecule has 18 heavy (non-hydrogen) atoms. The summed E-state index contributed by atoms with van der Waals surface area (Å²) in [6.07, 6.45) is 1.12. The van der Waals surface area contributed by atoms with Crippen LogP contribution in [0.1, 0.15) is 12.0 Å². The molecule has 6 heteroatoms. The number of halogens is 1. The number of hydrogen-bond donors (Lipinski definition) is 1. The molecule has 1 aromatic carbocycles. The normalized spacial score (nSPS) is 20.2. The van der Waals surface area contributed by atoms with E-state index in [2.05, 4.69) is 10.2 Å². The SMILES string of the molecule is CNC1CCN(Cc2ccc(Cl)c([N+](=O)[O-])c2)C1. The van der Waals surface area contributed by atoms with Crippen molar-refractivity contribution in [1.29, 1.82) is 0 Å². The summed E-state index contributed by atoms with van der Waals surface area (Å²) in [5, 5.41) is 14.2. The second-order valence-electron chi connectivity index (χ2n) is 4.55. The number of benzene rings is 1. The van der Waals surface area contributed by atoms with Gasteiger partial charge in [0.05, 0.1) is 4.92 Å². The summed E-state index contributed by atoms with van der Waals surface area (Å²) in [5.41, 5.74) is 0.918. The highest BCUT2D eigenvalue weighted by Gasteiger charge is 2.21. The second kappa shape index (κ2) is 5.65. The van der Waals surface area contributed by atoms with Gasteiger partial charge in [0.2, 0.25) is 0 Å². The van der Waals surface area contributed by atoms with Crippen LogP contribution in [-0.2, 0) is 6.54 Å². The maximum Gasteiger partial charge on any atom is 0.288 e. The number of likely N-dealkylation sites (tertiary alicyclic amines) is 1.